The van der Waals surface area contributed by atoms with Gasteiger partial charge >= 0.3 is 0 Å². The summed E-state index contributed by atoms with van der Waals surface area (Å²) in [4.78, 5) is 16.0. The van der Waals surface area contributed by atoms with Crippen LogP contribution in [0.15, 0.2) is 36.4 Å². The van der Waals surface area contributed by atoms with E-state index in [2.05, 4.69) is 16.1 Å². The van der Waals surface area contributed by atoms with Gasteiger partial charge in [-0.05, 0) is 50.5 Å². The number of ether oxygens (including phenoxy) is 1. The number of methoxy groups -OCH3 is 1. The third-order valence-corrected chi connectivity index (χ3v) is 4.42. The van der Waals surface area contributed by atoms with Gasteiger partial charge in [0.1, 0.15) is 11.4 Å². The second kappa shape index (κ2) is 7.95. The van der Waals surface area contributed by atoms with Crippen molar-refractivity contribution in [3.63, 3.8) is 0 Å². The summed E-state index contributed by atoms with van der Waals surface area (Å²) in [5.41, 5.74) is 5.66. The van der Waals surface area contributed by atoms with E-state index >= 15 is 0 Å². The van der Waals surface area contributed by atoms with Crippen LogP contribution < -0.4 is 10.1 Å². The number of allylic oxidation sites excluding steroid dienone is 2. The van der Waals surface area contributed by atoms with Crippen LogP contribution in [0.25, 0.3) is 16.8 Å². The van der Waals surface area contributed by atoms with Gasteiger partial charge in [0.15, 0.2) is 18.1 Å². The van der Waals surface area contributed by atoms with Crippen LogP contribution in [0.3, 0.4) is 0 Å². The number of nitrogens with two attached hydrogens (primary N) is 1. The molecule has 0 aliphatic rings. The molecule has 27 heavy (non-hydrogen) atoms. The summed E-state index contributed by atoms with van der Waals surface area (Å²) in [5.74, 6) is 0.760. The molecule has 2 aromatic heterocycles. The van der Waals surface area contributed by atoms with Crippen LogP contribution in [0.1, 0.15) is 33.9 Å². The molecule has 0 saturated carbocycles. The molecule has 0 unspecified atom stereocenters. The van der Waals surface area contributed by atoms with Crippen LogP contribution in [0.2, 0.25) is 0 Å². The van der Waals surface area contributed by atoms with E-state index in [-0.39, 0.29) is 0 Å². The van der Waals surface area contributed by atoms with E-state index in [1.54, 1.807) is 17.7 Å². The summed E-state index contributed by atoms with van der Waals surface area (Å²) in [5, 5.41) is 9.86. The molecule has 2 N–H and O–H groups in total. The Morgan fingerprint density at radius 2 is 2.07 bits per heavy atom. The molecule has 138 valence electrons. The topological polar surface area (TPSA) is 82.1 Å². The van der Waals surface area contributed by atoms with Crippen LogP contribution in [-0.4, -0.2) is 34.2 Å². The Balaban J connectivity index is 2.09. The minimum absolute atomic E-state index is 0.478. The van der Waals surface area contributed by atoms with E-state index in [1.165, 1.54) is 11.8 Å². The maximum absolute atomic E-state index is 11.4. The maximum atomic E-state index is 11.4. The van der Waals surface area contributed by atoms with Crippen molar-refractivity contribution < 1.29 is 14.9 Å². The summed E-state index contributed by atoms with van der Waals surface area (Å²) in [6, 6.07) is 7.87. The van der Waals surface area contributed by atoms with E-state index in [1.807, 2.05) is 38.1 Å². The van der Waals surface area contributed by atoms with Gasteiger partial charge in [0.05, 0.1) is 18.4 Å². The Kier molecular flexibility index (Phi) is 5.45. The molecule has 0 bridgehead atoms. The van der Waals surface area contributed by atoms with Gasteiger partial charge in [-0.2, -0.15) is 5.10 Å². The molecule has 3 rings (SSSR count). The Morgan fingerprint density at radius 1 is 1.26 bits per heavy atom. The molecule has 0 radical (unpaired) electrons. The minimum Gasteiger partial charge on any atom is -0.496 e. The molecule has 6 nitrogen and oxygen atoms in total. The molecule has 0 saturated heterocycles. The molecule has 0 aliphatic carbocycles. The normalized spacial score (nSPS) is 11.2. The van der Waals surface area contributed by atoms with Crippen molar-refractivity contribution >= 4 is 18.1 Å². The smallest absolute Gasteiger partial charge is 0.168 e. The fourth-order valence-corrected chi connectivity index (χ4v) is 3.19. The zero-order chi connectivity index (χ0) is 19.4. The fourth-order valence-electron chi connectivity index (χ4n) is 3.19. The van der Waals surface area contributed by atoms with Crippen LogP contribution in [-0.2, 0) is 6.42 Å². The van der Waals surface area contributed by atoms with E-state index in [0.717, 1.165) is 47.4 Å². The third-order valence-electron chi connectivity index (χ3n) is 4.42. The van der Waals surface area contributed by atoms with Crippen LogP contribution in [0.4, 0.5) is 0 Å². The second-order valence-corrected chi connectivity index (χ2v) is 6.33. The van der Waals surface area contributed by atoms with Gasteiger partial charge < -0.3 is 4.74 Å². The van der Waals surface area contributed by atoms with Crippen molar-refractivity contribution in [1.82, 2.24) is 14.6 Å². The van der Waals surface area contributed by atoms with Crippen molar-refractivity contribution in [2.24, 2.45) is 0 Å². The van der Waals surface area contributed by atoms with Gasteiger partial charge in [0, 0.05) is 11.3 Å². The average molecular weight is 363 g/mol. The predicted octanol–water partition coefficient (Wildman–Crippen LogP) is 2.15. The number of hydrogen-bond acceptors (Lipinski definition) is 4. The number of rotatable bonds is 7. The molecular formula is C21H23N4O2+. The van der Waals surface area contributed by atoms with Crippen molar-refractivity contribution in [3.05, 3.63) is 59.1 Å². The van der Waals surface area contributed by atoms with Crippen molar-refractivity contribution in [3.8, 4) is 16.9 Å². The number of fused-ring (bicyclic) bond motifs is 1. The lowest BCUT2D eigenvalue weighted by Gasteiger charge is -2.11. The SMILES string of the molecule is COc1cc(CC/C=C\C=[NH2+])ccc1-c1c(C)nn2c(C=O)cc(C)nc12. The van der Waals surface area contributed by atoms with Crippen molar-refractivity contribution in [1.29, 1.82) is 0 Å². The largest absolute Gasteiger partial charge is 0.496 e. The van der Waals surface area contributed by atoms with Gasteiger partial charge in [0.2, 0.25) is 0 Å². The Hall–Kier alpha value is -3.28. The number of benzene rings is 1. The summed E-state index contributed by atoms with van der Waals surface area (Å²) in [6.07, 6.45) is 7.98. The van der Waals surface area contributed by atoms with E-state index in [4.69, 9.17) is 10.1 Å². The maximum Gasteiger partial charge on any atom is 0.168 e. The van der Waals surface area contributed by atoms with Gasteiger partial charge in [-0.1, -0.05) is 18.2 Å². The zero-order valence-corrected chi connectivity index (χ0v) is 15.8. The molecule has 0 amide bonds. The van der Waals surface area contributed by atoms with Crippen LogP contribution >= 0.6 is 0 Å². The number of carbonyl (C=O) groups is 1. The third kappa shape index (κ3) is 3.65. The molecule has 2 heterocycles. The number of aldehydes is 1. The lowest BCUT2D eigenvalue weighted by molar-refractivity contribution is -0.104. The second-order valence-electron chi connectivity index (χ2n) is 6.33. The van der Waals surface area contributed by atoms with E-state index in [0.29, 0.717) is 11.3 Å². The predicted molar refractivity (Wildman–Crippen MR) is 105 cm³/mol. The molecule has 3 aromatic rings. The highest BCUT2D eigenvalue weighted by molar-refractivity contribution is 5.86. The molecule has 0 atom stereocenters. The Bertz CT molecular complexity index is 1030. The molecular weight excluding hydrogens is 340 g/mol. The molecule has 0 spiro atoms. The Labute approximate surface area is 158 Å². The molecule has 6 heteroatoms. The molecule has 1 aromatic carbocycles. The quantitative estimate of drug-likeness (QED) is 0.515. The average Bonchev–Trinajstić information content (AvgIpc) is 3.00. The first-order valence-corrected chi connectivity index (χ1v) is 8.78. The first-order valence-electron chi connectivity index (χ1n) is 8.78. The van der Waals surface area contributed by atoms with E-state index in [9.17, 15) is 4.79 Å². The van der Waals surface area contributed by atoms with E-state index < -0.39 is 0 Å². The number of hydrogen-bond donors (Lipinski definition) is 1. The summed E-state index contributed by atoms with van der Waals surface area (Å²) < 4.78 is 7.24. The highest BCUT2D eigenvalue weighted by Crippen LogP contribution is 2.35. The Morgan fingerprint density at radius 3 is 2.78 bits per heavy atom. The van der Waals surface area contributed by atoms with Gasteiger partial charge in [0.25, 0.3) is 0 Å². The summed E-state index contributed by atoms with van der Waals surface area (Å²) in [7, 11) is 1.66. The highest BCUT2D eigenvalue weighted by atomic mass is 16.5. The van der Waals surface area contributed by atoms with Crippen LogP contribution in [0.5, 0.6) is 5.75 Å². The number of nitrogens with zero attached hydrogens (tertiary/aromatic N) is 3. The minimum atomic E-state index is 0.478. The zero-order valence-electron chi connectivity index (χ0n) is 15.8. The number of aromatic nitrogens is 3. The van der Waals surface area contributed by atoms with Crippen molar-refractivity contribution in [2.45, 2.75) is 26.7 Å². The summed E-state index contributed by atoms with van der Waals surface area (Å²) >= 11 is 0. The first-order chi connectivity index (χ1) is 13.1. The van der Waals surface area contributed by atoms with Crippen molar-refractivity contribution in [2.75, 3.05) is 7.11 Å². The highest BCUT2D eigenvalue weighted by Gasteiger charge is 2.19. The lowest BCUT2D eigenvalue weighted by Crippen LogP contribution is -2.28. The van der Waals surface area contributed by atoms with Gasteiger partial charge in [-0.3, -0.25) is 10.2 Å². The standard InChI is InChI=1S/C21H22N4O2/c1-14-11-17(13-26)25-21(23-14)20(15(2)24-25)18-9-8-16(12-19(18)27-3)7-5-4-6-10-22/h4,6,8-13,22H,5,7H2,1-3H3/p+1/b6-4-,22-10?. The van der Waals surface area contributed by atoms with Gasteiger partial charge in [-0.15, -0.1) is 0 Å². The number of carbonyl (C=O) groups excluding carboxylic acids is 1. The van der Waals surface area contributed by atoms with Gasteiger partial charge in [-0.25, -0.2) is 9.50 Å². The molecule has 0 fully saturated rings. The first kappa shape index (κ1) is 18.5. The lowest BCUT2D eigenvalue weighted by atomic mass is 10.0. The monoisotopic (exact) mass is 363 g/mol. The number of aryl methyl sites for hydroxylation is 3. The van der Waals surface area contributed by atoms with Crippen LogP contribution in [0, 0.1) is 13.8 Å². The molecule has 0 aliphatic heterocycles. The fraction of sp³-hybridized carbons (Fsp3) is 0.238. The summed E-state index contributed by atoms with van der Waals surface area (Å²) in [6.45, 7) is 3.78.